The Morgan fingerprint density at radius 3 is 2.46 bits per heavy atom. The number of hydrogen-bond acceptors (Lipinski definition) is 9. The third kappa shape index (κ3) is 7.54. The Morgan fingerprint density at radius 2 is 1.76 bits per heavy atom. The van der Waals surface area contributed by atoms with Crippen molar-refractivity contribution in [3.8, 4) is 28.4 Å². The normalized spacial score (nSPS) is 19.4. The Bertz CT molecular complexity index is 1570. The second kappa shape index (κ2) is 14.4. The molecule has 244 valence electrons. The van der Waals surface area contributed by atoms with Gasteiger partial charge in [0.1, 0.15) is 42.9 Å². The molecule has 2 aliphatic rings. The third-order valence-electron chi connectivity index (χ3n) is 8.51. The monoisotopic (exact) mass is 639 g/mol. The van der Waals surface area contributed by atoms with Gasteiger partial charge in [0.25, 0.3) is 6.43 Å². The molecule has 0 aromatic carbocycles. The maximum Gasteiger partial charge on any atom is 0.257 e. The maximum atomic E-state index is 14.1. The van der Waals surface area contributed by atoms with Crippen LogP contribution in [0.2, 0.25) is 0 Å². The highest BCUT2D eigenvalue weighted by molar-refractivity contribution is 5.76. The Morgan fingerprint density at radius 1 is 0.957 bits per heavy atom. The predicted octanol–water partition coefficient (Wildman–Crippen LogP) is 5.88. The number of anilines is 3. The second-order valence-electron chi connectivity index (χ2n) is 11.7. The van der Waals surface area contributed by atoms with Crippen LogP contribution < -0.4 is 15.4 Å². The number of alkyl halides is 4. The van der Waals surface area contributed by atoms with Crippen LogP contribution in [0.25, 0.3) is 22.6 Å². The minimum absolute atomic E-state index is 0.0594. The Labute approximate surface area is 264 Å². The van der Waals surface area contributed by atoms with Crippen LogP contribution in [-0.2, 0) is 6.54 Å². The fourth-order valence-electron chi connectivity index (χ4n) is 6.10. The highest BCUT2D eigenvalue weighted by Crippen LogP contribution is 2.36. The number of nitrogen functional groups attached to an aromatic ring is 1. The first kappa shape index (κ1) is 31.6. The number of halogens is 4. The molecule has 1 saturated carbocycles. The van der Waals surface area contributed by atoms with Crippen LogP contribution in [0.5, 0.6) is 5.75 Å². The fraction of sp³-hybridized carbons (Fsp3) is 0.469. The molecule has 14 heteroatoms. The summed E-state index contributed by atoms with van der Waals surface area (Å²) in [5.41, 5.74) is 8.82. The molecule has 1 aliphatic heterocycles. The van der Waals surface area contributed by atoms with Gasteiger partial charge in [-0.3, -0.25) is 9.67 Å². The van der Waals surface area contributed by atoms with Crippen molar-refractivity contribution >= 4 is 17.3 Å². The average molecular weight is 640 g/mol. The van der Waals surface area contributed by atoms with Crippen molar-refractivity contribution in [3.05, 3.63) is 55.2 Å². The quantitative estimate of drug-likeness (QED) is 0.201. The number of rotatable bonds is 11. The van der Waals surface area contributed by atoms with Gasteiger partial charge in [0.2, 0.25) is 0 Å². The summed E-state index contributed by atoms with van der Waals surface area (Å²) in [4.78, 5) is 22.5. The predicted molar refractivity (Wildman–Crippen MR) is 166 cm³/mol. The summed E-state index contributed by atoms with van der Waals surface area (Å²) >= 11 is 0. The third-order valence-corrected chi connectivity index (χ3v) is 8.51. The number of nitrogens with two attached hydrogens (primary N) is 1. The van der Waals surface area contributed by atoms with Gasteiger partial charge in [-0.25, -0.2) is 32.5 Å². The average Bonchev–Trinajstić information content (AvgIpc) is 3.52. The van der Waals surface area contributed by atoms with Crippen LogP contribution >= 0.6 is 0 Å². The smallest absolute Gasteiger partial charge is 0.257 e. The van der Waals surface area contributed by atoms with E-state index in [1.54, 1.807) is 30.7 Å². The molecule has 1 saturated heterocycles. The molecular formula is C32H37F4N9O. The summed E-state index contributed by atoms with van der Waals surface area (Å²) in [5, 5.41) is 4.00. The molecule has 6 rings (SSSR count). The van der Waals surface area contributed by atoms with Crippen molar-refractivity contribution in [2.75, 3.05) is 36.9 Å². The summed E-state index contributed by atoms with van der Waals surface area (Å²) in [7, 11) is 0. The topological polar surface area (TPSA) is 111 Å². The first-order valence-corrected chi connectivity index (χ1v) is 15.6. The lowest BCUT2D eigenvalue weighted by molar-refractivity contribution is 0.0966. The van der Waals surface area contributed by atoms with E-state index in [4.69, 9.17) is 20.4 Å². The van der Waals surface area contributed by atoms with E-state index in [2.05, 4.69) is 20.0 Å². The number of aromatic nitrogens is 6. The summed E-state index contributed by atoms with van der Waals surface area (Å²) in [6.07, 6.45) is 8.22. The summed E-state index contributed by atoms with van der Waals surface area (Å²) < 4.78 is 59.8. The fourth-order valence-corrected chi connectivity index (χ4v) is 6.10. The van der Waals surface area contributed by atoms with Gasteiger partial charge in [0, 0.05) is 61.6 Å². The van der Waals surface area contributed by atoms with Gasteiger partial charge < -0.3 is 20.3 Å². The second-order valence-corrected chi connectivity index (χ2v) is 11.7. The molecule has 0 bridgehead atoms. The van der Waals surface area contributed by atoms with Crippen molar-refractivity contribution in [1.29, 1.82) is 0 Å². The summed E-state index contributed by atoms with van der Waals surface area (Å²) in [6.45, 7) is 1.22. The molecule has 0 unspecified atom stereocenters. The lowest BCUT2D eigenvalue weighted by atomic mass is 9.92. The largest absolute Gasteiger partial charge is 0.489 e. The Hall–Kier alpha value is -4.33. The molecule has 4 aromatic rings. The van der Waals surface area contributed by atoms with Crippen LogP contribution in [0.15, 0.2) is 55.2 Å². The molecule has 5 heterocycles. The molecule has 0 amide bonds. The van der Waals surface area contributed by atoms with E-state index in [-0.39, 0.29) is 18.8 Å². The van der Waals surface area contributed by atoms with E-state index in [1.807, 2.05) is 17.0 Å². The zero-order chi connectivity index (χ0) is 32.0. The van der Waals surface area contributed by atoms with Gasteiger partial charge in [-0.15, -0.1) is 0 Å². The minimum atomic E-state index is -2.54. The lowest BCUT2D eigenvalue weighted by Gasteiger charge is -2.35. The van der Waals surface area contributed by atoms with Gasteiger partial charge >= 0.3 is 0 Å². The highest BCUT2D eigenvalue weighted by atomic mass is 19.3. The standard InChI is InChI=1S/C32H37F4N9O/c33-10-14-43-12-8-24(9-13-43)46-25-5-6-28(39-17-25)26-18-40-31(15-27(26)37)45(23-3-1-22(34)2-4-23)30-7-11-38-32(42-30)21-16-41-44(19-21)20-29(35)36/h5-7,11,15-19,22-24,29H,1-4,8-10,12-14,20H2,(H2,37,40). The van der Waals surface area contributed by atoms with Gasteiger partial charge in [0.05, 0.1) is 23.7 Å². The SMILES string of the molecule is Nc1cc(N(c2ccnc(-c3cnn(CC(F)F)c3)n2)C2CCC(F)CC2)ncc1-c1ccc(OC2CCN(CCF)CC2)cn1. The molecule has 0 spiro atoms. The van der Waals surface area contributed by atoms with E-state index in [0.29, 0.717) is 77.9 Å². The Kier molecular flexibility index (Phi) is 9.91. The number of hydrogen-bond donors (Lipinski definition) is 1. The van der Waals surface area contributed by atoms with Gasteiger partial charge in [-0.05, 0) is 56.7 Å². The highest BCUT2D eigenvalue weighted by Gasteiger charge is 2.29. The van der Waals surface area contributed by atoms with E-state index in [9.17, 15) is 17.6 Å². The molecule has 0 radical (unpaired) electrons. The van der Waals surface area contributed by atoms with Crippen LogP contribution in [0.1, 0.15) is 38.5 Å². The Balaban J connectivity index is 1.22. The number of likely N-dealkylation sites (tertiary alicyclic amines) is 1. The summed E-state index contributed by atoms with van der Waals surface area (Å²) in [5.74, 6) is 2.05. The molecule has 2 fully saturated rings. The van der Waals surface area contributed by atoms with E-state index >= 15 is 0 Å². The minimum Gasteiger partial charge on any atom is -0.489 e. The zero-order valence-corrected chi connectivity index (χ0v) is 25.4. The van der Waals surface area contributed by atoms with Crippen LogP contribution in [0.4, 0.5) is 34.9 Å². The van der Waals surface area contributed by atoms with Gasteiger partial charge in [0.15, 0.2) is 5.82 Å². The van der Waals surface area contributed by atoms with E-state index < -0.39 is 19.1 Å². The maximum absolute atomic E-state index is 14.1. The van der Waals surface area contributed by atoms with E-state index in [1.165, 1.54) is 12.4 Å². The van der Waals surface area contributed by atoms with Crippen molar-refractivity contribution in [2.45, 2.75) is 69.8 Å². The lowest BCUT2D eigenvalue weighted by Crippen LogP contribution is -2.39. The molecule has 4 aromatic heterocycles. The van der Waals surface area contributed by atoms with Crippen molar-refractivity contribution in [2.24, 2.45) is 0 Å². The molecule has 1 aliphatic carbocycles. The van der Waals surface area contributed by atoms with E-state index in [0.717, 1.165) is 30.6 Å². The number of nitrogens with zero attached hydrogens (tertiary/aromatic N) is 8. The number of pyridine rings is 2. The summed E-state index contributed by atoms with van der Waals surface area (Å²) in [6, 6.07) is 7.11. The molecular weight excluding hydrogens is 602 g/mol. The van der Waals surface area contributed by atoms with Gasteiger partial charge in [-0.1, -0.05) is 0 Å². The number of piperidine rings is 1. The van der Waals surface area contributed by atoms with Crippen LogP contribution in [0.3, 0.4) is 0 Å². The van der Waals surface area contributed by atoms with Crippen molar-refractivity contribution in [1.82, 2.24) is 34.6 Å². The molecule has 46 heavy (non-hydrogen) atoms. The first-order chi connectivity index (χ1) is 22.4. The van der Waals surface area contributed by atoms with Crippen LogP contribution in [0, 0.1) is 0 Å². The zero-order valence-electron chi connectivity index (χ0n) is 25.4. The van der Waals surface area contributed by atoms with Crippen molar-refractivity contribution < 1.29 is 22.3 Å². The van der Waals surface area contributed by atoms with Gasteiger partial charge in [-0.2, -0.15) is 5.10 Å². The van der Waals surface area contributed by atoms with Crippen molar-refractivity contribution in [3.63, 3.8) is 0 Å². The molecule has 2 N–H and O–H groups in total. The molecule has 10 nitrogen and oxygen atoms in total. The van der Waals surface area contributed by atoms with Crippen LogP contribution in [-0.4, -0.2) is 85.7 Å². The first-order valence-electron chi connectivity index (χ1n) is 15.6. The number of ether oxygens (including phenoxy) is 1. The molecule has 0 atom stereocenters.